The van der Waals surface area contributed by atoms with Crippen LogP contribution in [0.2, 0.25) is 0 Å². The van der Waals surface area contributed by atoms with Gasteiger partial charge in [-0.25, -0.2) is 5.10 Å². The van der Waals surface area contributed by atoms with Gasteiger partial charge < -0.3 is 9.47 Å². The molecule has 7 nitrogen and oxygen atoms in total. The molecule has 0 atom stereocenters. The number of rotatable bonds is 5. The molecule has 2 aromatic heterocycles. The van der Waals surface area contributed by atoms with E-state index in [1.54, 1.807) is 37.5 Å². The highest BCUT2D eigenvalue weighted by molar-refractivity contribution is 7.71. The van der Waals surface area contributed by atoms with Crippen molar-refractivity contribution in [2.24, 2.45) is 5.10 Å². The van der Waals surface area contributed by atoms with Gasteiger partial charge in [0.25, 0.3) is 0 Å². The van der Waals surface area contributed by atoms with Crippen LogP contribution in [-0.2, 0) is 0 Å². The number of pyridine rings is 1. The molecule has 0 aliphatic rings. The van der Waals surface area contributed by atoms with Crippen molar-refractivity contribution < 1.29 is 9.47 Å². The maximum atomic E-state index is 5.33. The van der Waals surface area contributed by atoms with Crippen molar-refractivity contribution in [1.82, 2.24) is 19.9 Å². The number of hydrogen-bond acceptors (Lipinski definition) is 6. The fourth-order valence-electron chi connectivity index (χ4n) is 2.13. The Hall–Kier alpha value is -3.00. The summed E-state index contributed by atoms with van der Waals surface area (Å²) < 4.78 is 12.5. The molecule has 1 N–H and O–H groups in total. The minimum Gasteiger partial charge on any atom is -0.493 e. The average Bonchev–Trinajstić information content (AvgIpc) is 3.00. The smallest absolute Gasteiger partial charge is 0.216 e. The van der Waals surface area contributed by atoms with Crippen LogP contribution >= 0.6 is 12.2 Å². The third-order valence-electron chi connectivity index (χ3n) is 3.32. The first-order valence-electron chi connectivity index (χ1n) is 7.07. The molecule has 2 heterocycles. The van der Waals surface area contributed by atoms with Gasteiger partial charge in [0.1, 0.15) is 0 Å². The van der Waals surface area contributed by atoms with Crippen molar-refractivity contribution in [3.8, 4) is 22.9 Å². The molecule has 8 heteroatoms. The molecule has 1 aromatic carbocycles. The first-order chi connectivity index (χ1) is 11.7. The normalized spacial score (nSPS) is 10.9. The Labute approximate surface area is 143 Å². The molecule has 122 valence electrons. The van der Waals surface area contributed by atoms with E-state index < -0.39 is 0 Å². The van der Waals surface area contributed by atoms with Crippen LogP contribution in [0.5, 0.6) is 11.5 Å². The van der Waals surface area contributed by atoms with E-state index in [-0.39, 0.29) is 0 Å². The Balaban J connectivity index is 2.02. The van der Waals surface area contributed by atoms with Gasteiger partial charge in [0, 0.05) is 18.0 Å². The summed E-state index contributed by atoms with van der Waals surface area (Å²) in [5.74, 6) is 1.82. The highest BCUT2D eigenvalue weighted by Crippen LogP contribution is 2.31. The van der Waals surface area contributed by atoms with Crippen LogP contribution < -0.4 is 9.47 Å². The van der Waals surface area contributed by atoms with Crippen molar-refractivity contribution in [2.75, 3.05) is 14.2 Å². The van der Waals surface area contributed by atoms with Crippen LogP contribution in [0.25, 0.3) is 11.4 Å². The Morgan fingerprint density at radius 3 is 2.58 bits per heavy atom. The van der Waals surface area contributed by atoms with E-state index in [4.69, 9.17) is 21.7 Å². The van der Waals surface area contributed by atoms with Gasteiger partial charge >= 0.3 is 0 Å². The monoisotopic (exact) mass is 341 g/mol. The molecule has 3 rings (SSSR count). The number of methoxy groups -OCH3 is 2. The van der Waals surface area contributed by atoms with Crippen LogP contribution in [0.4, 0.5) is 0 Å². The first kappa shape index (κ1) is 15.9. The lowest BCUT2D eigenvalue weighted by atomic mass is 10.2. The average molecular weight is 341 g/mol. The van der Waals surface area contributed by atoms with Crippen LogP contribution in [0.15, 0.2) is 47.8 Å². The lowest BCUT2D eigenvalue weighted by Gasteiger charge is -2.09. The third kappa shape index (κ3) is 3.18. The lowest BCUT2D eigenvalue weighted by molar-refractivity contribution is 0.355. The fourth-order valence-corrected chi connectivity index (χ4v) is 2.31. The highest BCUT2D eigenvalue weighted by Gasteiger charge is 2.12. The molecule has 3 aromatic rings. The molecule has 0 fully saturated rings. The molecule has 0 radical (unpaired) electrons. The summed E-state index contributed by atoms with van der Waals surface area (Å²) in [7, 11) is 3.17. The number of ether oxygens (including phenoxy) is 2. The Bertz CT molecular complexity index is 918. The molecule has 24 heavy (non-hydrogen) atoms. The van der Waals surface area contributed by atoms with Gasteiger partial charge in [-0.2, -0.15) is 14.9 Å². The van der Waals surface area contributed by atoms with Gasteiger partial charge in [0.2, 0.25) is 4.77 Å². The number of nitrogens with zero attached hydrogens (tertiary/aromatic N) is 4. The number of aromatic amines is 1. The van der Waals surface area contributed by atoms with E-state index in [0.717, 1.165) is 11.1 Å². The summed E-state index contributed by atoms with van der Waals surface area (Å²) in [4.78, 5) is 3.98. The fraction of sp³-hybridized carbons (Fsp3) is 0.125. The van der Waals surface area contributed by atoms with Crippen LogP contribution in [0.3, 0.4) is 0 Å². The van der Waals surface area contributed by atoms with Crippen molar-refractivity contribution >= 4 is 18.4 Å². The van der Waals surface area contributed by atoms with E-state index in [1.807, 2.05) is 30.3 Å². The Morgan fingerprint density at radius 1 is 1.12 bits per heavy atom. The summed E-state index contributed by atoms with van der Waals surface area (Å²) in [5, 5.41) is 11.4. The number of hydrogen-bond donors (Lipinski definition) is 1. The van der Waals surface area contributed by atoms with Gasteiger partial charge in [0.05, 0.1) is 20.4 Å². The second-order valence-corrected chi connectivity index (χ2v) is 5.15. The summed E-state index contributed by atoms with van der Waals surface area (Å²) in [6, 6.07) is 9.20. The van der Waals surface area contributed by atoms with Gasteiger partial charge in [0.15, 0.2) is 17.3 Å². The van der Waals surface area contributed by atoms with Gasteiger partial charge in [-0.05, 0) is 48.1 Å². The highest BCUT2D eigenvalue weighted by atomic mass is 32.1. The minimum atomic E-state index is 0.394. The van der Waals surface area contributed by atoms with E-state index >= 15 is 0 Å². The molecule has 0 saturated carbocycles. The number of benzene rings is 1. The van der Waals surface area contributed by atoms with E-state index in [9.17, 15) is 0 Å². The molecule has 0 unspecified atom stereocenters. The number of nitrogens with one attached hydrogen (secondary N) is 1. The zero-order chi connectivity index (χ0) is 16.9. The molecular formula is C16H15N5O2S. The zero-order valence-corrected chi connectivity index (χ0v) is 13.9. The lowest BCUT2D eigenvalue weighted by Crippen LogP contribution is -1.96. The summed E-state index contributed by atoms with van der Waals surface area (Å²) >= 11 is 5.26. The predicted molar refractivity (Wildman–Crippen MR) is 93.2 cm³/mol. The Kier molecular flexibility index (Phi) is 4.66. The summed E-state index contributed by atoms with van der Waals surface area (Å²) in [6.07, 6.45) is 5.09. The Morgan fingerprint density at radius 2 is 1.88 bits per heavy atom. The van der Waals surface area contributed by atoms with Crippen LogP contribution in [-0.4, -0.2) is 40.3 Å². The quantitative estimate of drug-likeness (QED) is 0.570. The topological polar surface area (TPSA) is 77.3 Å². The second-order valence-electron chi connectivity index (χ2n) is 4.76. The van der Waals surface area contributed by atoms with Crippen molar-refractivity contribution in [2.45, 2.75) is 0 Å². The maximum absolute atomic E-state index is 5.33. The van der Waals surface area contributed by atoms with Gasteiger partial charge in [-0.15, -0.1) is 0 Å². The molecule has 0 bridgehead atoms. The second kappa shape index (κ2) is 7.05. The van der Waals surface area contributed by atoms with E-state index in [0.29, 0.717) is 22.1 Å². The molecule has 0 spiro atoms. The first-order valence-corrected chi connectivity index (χ1v) is 7.48. The van der Waals surface area contributed by atoms with Crippen molar-refractivity contribution in [1.29, 1.82) is 0 Å². The van der Waals surface area contributed by atoms with E-state index in [2.05, 4.69) is 20.3 Å². The molecule has 0 saturated heterocycles. The summed E-state index contributed by atoms with van der Waals surface area (Å²) in [6.45, 7) is 0. The number of aromatic nitrogens is 4. The third-order valence-corrected chi connectivity index (χ3v) is 3.58. The van der Waals surface area contributed by atoms with Crippen LogP contribution in [0, 0.1) is 4.77 Å². The van der Waals surface area contributed by atoms with Crippen molar-refractivity contribution in [3.63, 3.8) is 0 Å². The molecule has 0 amide bonds. The van der Waals surface area contributed by atoms with Crippen LogP contribution in [0.1, 0.15) is 5.56 Å². The molecule has 0 aliphatic heterocycles. The maximum Gasteiger partial charge on any atom is 0.216 e. The van der Waals surface area contributed by atoms with Gasteiger partial charge in [-0.1, -0.05) is 0 Å². The summed E-state index contributed by atoms with van der Waals surface area (Å²) in [5.41, 5.74) is 1.71. The minimum absolute atomic E-state index is 0.394. The molecule has 0 aliphatic carbocycles. The van der Waals surface area contributed by atoms with Crippen molar-refractivity contribution in [3.05, 3.63) is 53.1 Å². The number of H-pyrrole nitrogens is 1. The molecular weight excluding hydrogens is 326 g/mol. The largest absolute Gasteiger partial charge is 0.493 e. The van der Waals surface area contributed by atoms with Gasteiger partial charge in [-0.3, -0.25) is 4.98 Å². The SMILES string of the molecule is COc1ccc(-c2n[nH]c(=S)n2N=Cc2ccncc2)cc1OC. The zero-order valence-electron chi connectivity index (χ0n) is 13.1. The van der Waals surface area contributed by atoms with E-state index in [1.165, 1.54) is 0 Å². The standard InChI is InChI=1S/C16H15N5O2S/c1-22-13-4-3-12(9-14(13)23-2)15-19-20-16(24)21(15)18-10-11-5-7-17-8-6-11/h3-10H,1-2H3,(H,20,24). The predicted octanol–water partition coefficient (Wildman–Crippen LogP) is 2.90.